The van der Waals surface area contributed by atoms with Gasteiger partial charge in [0.15, 0.2) is 0 Å². The number of carbonyl (C=O) groups is 1. The van der Waals surface area contributed by atoms with Gasteiger partial charge in [0, 0.05) is 44.8 Å². The number of nitrogen functional groups attached to an aromatic ring is 1. The number of piperazine rings is 1. The average Bonchev–Trinajstić information content (AvgIpc) is 2.47. The van der Waals surface area contributed by atoms with Crippen molar-refractivity contribution in [3.05, 3.63) is 23.8 Å². The van der Waals surface area contributed by atoms with Crippen molar-refractivity contribution in [1.29, 1.82) is 0 Å². The molecule has 5 heteroatoms. The van der Waals surface area contributed by atoms with Crippen LogP contribution in [0.15, 0.2) is 18.2 Å². The lowest BCUT2D eigenvalue weighted by molar-refractivity contribution is 0.0963. The molecular formula is C15H24N4O. The third kappa shape index (κ3) is 3.04. The van der Waals surface area contributed by atoms with Crippen LogP contribution in [-0.4, -0.2) is 50.1 Å². The topological polar surface area (TPSA) is 61.6 Å². The van der Waals surface area contributed by atoms with Crippen molar-refractivity contribution in [1.82, 2.24) is 10.2 Å². The fraction of sp³-hybridized carbons (Fsp3) is 0.533. The SMILES string of the molecule is CNC(=O)c1ccc(N)c(N2CCN(C(C)C)CC2)c1. The highest BCUT2D eigenvalue weighted by atomic mass is 16.1. The quantitative estimate of drug-likeness (QED) is 0.813. The van der Waals surface area contributed by atoms with E-state index in [0.717, 1.165) is 37.6 Å². The van der Waals surface area contributed by atoms with E-state index in [1.165, 1.54) is 0 Å². The van der Waals surface area contributed by atoms with Crippen LogP contribution in [0, 0.1) is 0 Å². The summed E-state index contributed by atoms with van der Waals surface area (Å²) in [6.45, 7) is 8.38. The van der Waals surface area contributed by atoms with Crippen molar-refractivity contribution >= 4 is 17.3 Å². The number of hydrogen-bond donors (Lipinski definition) is 2. The van der Waals surface area contributed by atoms with Crippen LogP contribution in [-0.2, 0) is 0 Å². The van der Waals surface area contributed by atoms with Crippen LogP contribution in [0.25, 0.3) is 0 Å². The van der Waals surface area contributed by atoms with Gasteiger partial charge in [0.05, 0.1) is 11.4 Å². The Hall–Kier alpha value is -1.75. The third-order valence-corrected chi connectivity index (χ3v) is 3.90. The van der Waals surface area contributed by atoms with Gasteiger partial charge in [-0.25, -0.2) is 0 Å². The zero-order valence-corrected chi connectivity index (χ0v) is 12.5. The van der Waals surface area contributed by atoms with E-state index in [2.05, 4.69) is 29.0 Å². The molecule has 0 unspecified atom stereocenters. The number of benzene rings is 1. The summed E-state index contributed by atoms with van der Waals surface area (Å²) in [6, 6.07) is 6.04. The summed E-state index contributed by atoms with van der Waals surface area (Å²) in [4.78, 5) is 16.4. The Morgan fingerprint density at radius 2 is 1.90 bits per heavy atom. The molecule has 1 aliphatic rings. The lowest BCUT2D eigenvalue weighted by Gasteiger charge is -2.38. The maximum Gasteiger partial charge on any atom is 0.251 e. The molecule has 0 atom stereocenters. The lowest BCUT2D eigenvalue weighted by Crippen LogP contribution is -2.49. The smallest absolute Gasteiger partial charge is 0.251 e. The van der Waals surface area contributed by atoms with Gasteiger partial charge in [-0.3, -0.25) is 9.69 Å². The second kappa shape index (κ2) is 6.13. The Labute approximate surface area is 120 Å². The van der Waals surface area contributed by atoms with Crippen LogP contribution in [0.4, 0.5) is 11.4 Å². The first-order valence-electron chi connectivity index (χ1n) is 7.13. The van der Waals surface area contributed by atoms with Crippen molar-refractivity contribution < 1.29 is 4.79 Å². The van der Waals surface area contributed by atoms with Gasteiger partial charge >= 0.3 is 0 Å². The Morgan fingerprint density at radius 3 is 2.45 bits per heavy atom. The van der Waals surface area contributed by atoms with E-state index in [4.69, 9.17) is 5.73 Å². The minimum absolute atomic E-state index is 0.0768. The predicted octanol–water partition coefficient (Wildman–Crippen LogP) is 1.16. The van der Waals surface area contributed by atoms with Gasteiger partial charge in [-0.1, -0.05) is 0 Å². The number of anilines is 2. The molecule has 1 fully saturated rings. The Morgan fingerprint density at radius 1 is 1.25 bits per heavy atom. The molecular weight excluding hydrogens is 252 g/mol. The minimum atomic E-state index is -0.0768. The number of nitrogens with two attached hydrogens (primary N) is 1. The molecule has 0 aromatic heterocycles. The molecule has 1 aliphatic heterocycles. The van der Waals surface area contributed by atoms with E-state index < -0.39 is 0 Å². The average molecular weight is 276 g/mol. The van der Waals surface area contributed by atoms with Gasteiger partial charge in [0.1, 0.15) is 0 Å². The monoisotopic (exact) mass is 276 g/mol. The standard InChI is InChI=1S/C15H24N4O/c1-11(2)18-6-8-19(9-7-18)14-10-12(15(20)17-3)4-5-13(14)16/h4-5,10-11H,6-9,16H2,1-3H3,(H,17,20). The van der Waals surface area contributed by atoms with Gasteiger partial charge in [0.25, 0.3) is 5.91 Å². The molecule has 3 N–H and O–H groups in total. The highest BCUT2D eigenvalue weighted by Gasteiger charge is 2.21. The third-order valence-electron chi connectivity index (χ3n) is 3.90. The molecule has 5 nitrogen and oxygen atoms in total. The van der Waals surface area contributed by atoms with E-state index in [1.54, 1.807) is 13.1 Å². The van der Waals surface area contributed by atoms with Crippen molar-refractivity contribution in [3.8, 4) is 0 Å². The maximum atomic E-state index is 11.7. The molecule has 0 aliphatic carbocycles. The van der Waals surface area contributed by atoms with Crippen LogP contribution < -0.4 is 16.0 Å². The molecule has 20 heavy (non-hydrogen) atoms. The summed E-state index contributed by atoms with van der Waals surface area (Å²) in [5, 5.41) is 2.65. The molecule has 0 radical (unpaired) electrons. The Bertz CT molecular complexity index is 479. The first kappa shape index (κ1) is 14.7. The van der Waals surface area contributed by atoms with Crippen LogP contribution >= 0.6 is 0 Å². The van der Waals surface area contributed by atoms with Gasteiger partial charge in [-0.05, 0) is 32.0 Å². The van der Waals surface area contributed by atoms with Crippen molar-refractivity contribution in [2.75, 3.05) is 43.9 Å². The summed E-state index contributed by atoms with van der Waals surface area (Å²) in [5.74, 6) is -0.0768. The second-order valence-corrected chi connectivity index (χ2v) is 5.47. The predicted molar refractivity (Wildman–Crippen MR) is 83.2 cm³/mol. The fourth-order valence-electron chi connectivity index (χ4n) is 2.58. The van der Waals surface area contributed by atoms with Gasteiger partial charge in [0.2, 0.25) is 0 Å². The van der Waals surface area contributed by atoms with Crippen LogP contribution in [0.1, 0.15) is 24.2 Å². The number of hydrogen-bond acceptors (Lipinski definition) is 4. The number of carbonyl (C=O) groups excluding carboxylic acids is 1. The number of amides is 1. The van der Waals surface area contributed by atoms with E-state index in [-0.39, 0.29) is 5.91 Å². The van der Waals surface area contributed by atoms with E-state index in [1.807, 2.05) is 12.1 Å². The Balaban J connectivity index is 2.15. The zero-order chi connectivity index (χ0) is 14.7. The normalized spacial score (nSPS) is 16.5. The molecule has 1 heterocycles. The molecule has 2 rings (SSSR count). The molecule has 1 amide bonds. The first-order chi connectivity index (χ1) is 9.52. The molecule has 1 aromatic rings. The van der Waals surface area contributed by atoms with E-state index in [0.29, 0.717) is 11.6 Å². The highest BCUT2D eigenvalue weighted by molar-refractivity contribution is 5.96. The summed E-state index contributed by atoms with van der Waals surface area (Å²) in [6.07, 6.45) is 0. The minimum Gasteiger partial charge on any atom is -0.397 e. The molecule has 0 bridgehead atoms. The molecule has 0 spiro atoms. The zero-order valence-electron chi connectivity index (χ0n) is 12.5. The van der Waals surface area contributed by atoms with Crippen molar-refractivity contribution in [2.45, 2.75) is 19.9 Å². The highest BCUT2D eigenvalue weighted by Crippen LogP contribution is 2.26. The first-order valence-corrected chi connectivity index (χ1v) is 7.13. The van der Waals surface area contributed by atoms with Gasteiger partial charge < -0.3 is 16.0 Å². The van der Waals surface area contributed by atoms with Gasteiger partial charge in [-0.15, -0.1) is 0 Å². The molecule has 1 saturated heterocycles. The summed E-state index contributed by atoms with van der Waals surface area (Å²) < 4.78 is 0. The van der Waals surface area contributed by atoms with E-state index in [9.17, 15) is 4.79 Å². The fourth-order valence-corrected chi connectivity index (χ4v) is 2.58. The van der Waals surface area contributed by atoms with Crippen LogP contribution in [0.2, 0.25) is 0 Å². The summed E-state index contributed by atoms with van der Waals surface area (Å²) in [5.41, 5.74) is 8.42. The lowest BCUT2D eigenvalue weighted by atomic mass is 10.1. The number of nitrogens with one attached hydrogen (secondary N) is 1. The molecule has 110 valence electrons. The number of rotatable bonds is 3. The van der Waals surface area contributed by atoms with Crippen molar-refractivity contribution in [3.63, 3.8) is 0 Å². The Kier molecular flexibility index (Phi) is 4.49. The second-order valence-electron chi connectivity index (χ2n) is 5.47. The van der Waals surface area contributed by atoms with E-state index >= 15 is 0 Å². The molecule has 1 aromatic carbocycles. The number of nitrogens with zero attached hydrogens (tertiary/aromatic N) is 2. The van der Waals surface area contributed by atoms with Gasteiger partial charge in [-0.2, -0.15) is 0 Å². The molecule has 0 saturated carbocycles. The maximum absolute atomic E-state index is 11.7. The van der Waals surface area contributed by atoms with Crippen LogP contribution in [0.3, 0.4) is 0 Å². The van der Waals surface area contributed by atoms with Crippen molar-refractivity contribution in [2.24, 2.45) is 0 Å². The summed E-state index contributed by atoms with van der Waals surface area (Å²) in [7, 11) is 1.64. The largest absolute Gasteiger partial charge is 0.397 e. The van der Waals surface area contributed by atoms with Crippen LogP contribution in [0.5, 0.6) is 0 Å². The summed E-state index contributed by atoms with van der Waals surface area (Å²) >= 11 is 0.